The normalized spacial score (nSPS) is 22.2. The molecule has 0 aliphatic heterocycles. The standard InChI is InChI=1S/C15H14BrNO3/c16-11-2-1-3-12-13(11)10(7-17-12)14(18)8-4-5-9(6-8)15(19)20/h1-3,7-9,17H,4-6H2,(H,19,20). The third-order valence-corrected chi connectivity index (χ3v) is 4.73. The van der Waals surface area contributed by atoms with Crippen molar-refractivity contribution in [2.75, 3.05) is 0 Å². The maximum absolute atomic E-state index is 12.6. The first-order valence-electron chi connectivity index (χ1n) is 6.60. The lowest BCUT2D eigenvalue weighted by Gasteiger charge is -2.08. The third kappa shape index (κ3) is 2.16. The zero-order valence-electron chi connectivity index (χ0n) is 10.7. The van der Waals surface area contributed by atoms with Crippen LogP contribution in [0.4, 0.5) is 0 Å². The monoisotopic (exact) mass is 335 g/mol. The van der Waals surface area contributed by atoms with E-state index in [1.807, 2.05) is 18.2 Å². The van der Waals surface area contributed by atoms with Crippen LogP contribution in [0, 0.1) is 11.8 Å². The topological polar surface area (TPSA) is 70.2 Å². The van der Waals surface area contributed by atoms with Gasteiger partial charge in [-0.2, -0.15) is 0 Å². The smallest absolute Gasteiger partial charge is 0.306 e. The molecule has 2 unspecified atom stereocenters. The number of carboxylic acid groups (broad SMARTS) is 1. The largest absolute Gasteiger partial charge is 0.481 e. The molecule has 0 radical (unpaired) electrons. The molecule has 1 aromatic carbocycles. The molecule has 104 valence electrons. The SMILES string of the molecule is O=C(O)C1CCC(C(=O)c2c[nH]c3cccc(Br)c23)C1. The van der Waals surface area contributed by atoms with Gasteiger partial charge in [-0.3, -0.25) is 9.59 Å². The van der Waals surface area contributed by atoms with Crippen LogP contribution in [0.3, 0.4) is 0 Å². The van der Waals surface area contributed by atoms with Gasteiger partial charge < -0.3 is 10.1 Å². The fourth-order valence-electron chi connectivity index (χ4n) is 3.00. The summed E-state index contributed by atoms with van der Waals surface area (Å²) in [5, 5.41) is 9.92. The maximum Gasteiger partial charge on any atom is 0.306 e. The highest BCUT2D eigenvalue weighted by Gasteiger charge is 2.35. The van der Waals surface area contributed by atoms with E-state index in [1.165, 1.54) is 0 Å². The van der Waals surface area contributed by atoms with Crippen LogP contribution in [0.5, 0.6) is 0 Å². The molecule has 1 aliphatic rings. The molecule has 4 nitrogen and oxygen atoms in total. The van der Waals surface area contributed by atoms with Gasteiger partial charge in [-0.25, -0.2) is 0 Å². The van der Waals surface area contributed by atoms with Gasteiger partial charge in [-0.15, -0.1) is 0 Å². The van der Waals surface area contributed by atoms with Crippen molar-refractivity contribution < 1.29 is 14.7 Å². The number of nitrogens with one attached hydrogen (secondary N) is 1. The number of aliphatic carboxylic acids is 1. The van der Waals surface area contributed by atoms with Crippen molar-refractivity contribution >= 4 is 38.6 Å². The molecule has 5 heteroatoms. The summed E-state index contributed by atoms with van der Waals surface area (Å²) in [4.78, 5) is 26.7. The van der Waals surface area contributed by atoms with E-state index in [0.29, 0.717) is 24.8 Å². The van der Waals surface area contributed by atoms with Crippen LogP contribution in [0.25, 0.3) is 10.9 Å². The molecule has 1 aromatic heterocycles. The summed E-state index contributed by atoms with van der Waals surface area (Å²) in [6, 6.07) is 5.74. The Balaban J connectivity index is 1.92. The number of aromatic nitrogens is 1. The number of H-pyrrole nitrogens is 1. The number of fused-ring (bicyclic) bond motifs is 1. The Morgan fingerprint density at radius 3 is 2.70 bits per heavy atom. The molecular weight excluding hydrogens is 322 g/mol. The van der Waals surface area contributed by atoms with E-state index >= 15 is 0 Å². The quantitative estimate of drug-likeness (QED) is 0.841. The molecular formula is C15H14BrNO3. The van der Waals surface area contributed by atoms with E-state index in [1.54, 1.807) is 6.20 Å². The number of aromatic amines is 1. The van der Waals surface area contributed by atoms with Crippen molar-refractivity contribution in [2.24, 2.45) is 11.8 Å². The Hall–Kier alpha value is -1.62. The van der Waals surface area contributed by atoms with Crippen LogP contribution in [-0.2, 0) is 4.79 Å². The first-order valence-corrected chi connectivity index (χ1v) is 7.40. The van der Waals surface area contributed by atoms with Crippen molar-refractivity contribution in [3.8, 4) is 0 Å². The summed E-state index contributed by atoms with van der Waals surface area (Å²) in [5.41, 5.74) is 1.57. The van der Waals surface area contributed by atoms with Crippen molar-refractivity contribution in [1.29, 1.82) is 0 Å². The van der Waals surface area contributed by atoms with E-state index in [2.05, 4.69) is 20.9 Å². The highest BCUT2D eigenvalue weighted by Crippen LogP contribution is 2.36. The molecule has 0 spiro atoms. The van der Waals surface area contributed by atoms with Crippen molar-refractivity contribution in [2.45, 2.75) is 19.3 Å². The molecule has 1 saturated carbocycles. The fourth-order valence-corrected chi connectivity index (χ4v) is 3.58. The van der Waals surface area contributed by atoms with Gasteiger partial charge in [0.2, 0.25) is 0 Å². The second-order valence-electron chi connectivity index (χ2n) is 5.27. The van der Waals surface area contributed by atoms with Crippen LogP contribution < -0.4 is 0 Å². The highest BCUT2D eigenvalue weighted by atomic mass is 79.9. The van der Waals surface area contributed by atoms with Gasteiger partial charge in [0.1, 0.15) is 0 Å². The van der Waals surface area contributed by atoms with Crippen molar-refractivity contribution in [3.05, 3.63) is 34.4 Å². The molecule has 1 aliphatic carbocycles. The lowest BCUT2D eigenvalue weighted by Crippen LogP contribution is -2.14. The van der Waals surface area contributed by atoms with Crippen molar-refractivity contribution in [3.63, 3.8) is 0 Å². The first-order chi connectivity index (χ1) is 9.58. The van der Waals surface area contributed by atoms with Crippen LogP contribution in [0.1, 0.15) is 29.6 Å². The molecule has 2 atom stereocenters. The number of hydrogen-bond acceptors (Lipinski definition) is 2. The van der Waals surface area contributed by atoms with E-state index in [0.717, 1.165) is 15.4 Å². The fraction of sp³-hybridized carbons (Fsp3) is 0.333. The number of carbonyl (C=O) groups is 2. The zero-order chi connectivity index (χ0) is 14.3. The Labute approximate surface area is 124 Å². The van der Waals surface area contributed by atoms with Crippen molar-refractivity contribution in [1.82, 2.24) is 4.98 Å². The molecule has 0 saturated heterocycles. The predicted molar refractivity (Wildman–Crippen MR) is 78.8 cm³/mol. The Bertz CT molecular complexity index is 691. The maximum atomic E-state index is 12.6. The summed E-state index contributed by atoms with van der Waals surface area (Å²) < 4.78 is 0.882. The lowest BCUT2D eigenvalue weighted by molar-refractivity contribution is -0.141. The summed E-state index contributed by atoms with van der Waals surface area (Å²) in [6.45, 7) is 0. The van der Waals surface area contributed by atoms with Crippen LogP contribution in [0.15, 0.2) is 28.9 Å². The van der Waals surface area contributed by atoms with Gasteiger partial charge in [-0.05, 0) is 31.4 Å². The van der Waals surface area contributed by atoms with Gasteiger partial charge in [0.15, 0.2) is 5.78 Å². The number of Topliss-reactive ketones (excluding diaryl/α,β-unsaturated/α-hetero) is 1. The van der Waals surface area contributed by atoms with Crippen LogP contribution >= 0.6 is 15.9 Å². The van der Waals surface area contributed by atoms with Gasteiger partial charge in [-0.1, -0.05) is 22.0 Å². The predicted octanol–water partition coefficient (Wildman–Crippen LogP) is 3.61. The lowest BCUT2D eigenvalue weighted by atomic mass is 9.95. The van der Waals surface area contributed by atoms with E-state index in [-0.39, 0.29) is 17.6 Å². The minimum Gasteiger partial charge on any atom is -0.481 e. The van der Waals surface area contributed by atoms with Gasteiger partial charge >= 0.3 is 5.97 Å². The minimum absolute atomic E-state index is 0.0481. The van der Waals surface area contributed by atoms with Crippen LogP contribution in [-0.4, -0.2) is 21.8 Å². The second kappa shape index (κ2) is 5.05. The summed E-state index contributed by atoms with van der Waals surface area (Å²) in [5.74, 6) is -1.30. The molecule has 1 heterocycles. The molecule has 2 aromatic rings. The van der Waals surface area contributed by atoms with E-state index in [9.17, 15) is 9.59 Å². The summed E-state index contributed by atoms with van der Waals surface area (Å²) >= 11 is 3.47. The molecule has 3 rings (SSSR count). The number of carboxylic acids is 1. The minimum atomic E-state index is -0.791. The molecule has 1 fully saturated rings. The Morgan fingerprint density at radius 1 is 1.25 bits per heavy atom. The van der Waals surface area contributed by atoms with E-state index in [4.69, 9.17) is 5.11 Å². The Morgan fingerprint density at radius 2 is 2.00 bits per heavy atom. The number of ketones is 1. The summed E-state index contributed by atoms with van der Waals surface area (Å²) in [7, 11) is 0. The van der Waals surface area contributed by atoms with Crippen LogP contribution in [0.2, 0.25) is 0 Å². The highest BCUT2D eigenvalue weighted by molar-refractivity contribution is 9.10. The molecule has 0 amide bonds. The van der Waals surface area contributed by atoms with Gasteiger partial charge in [0.25, 0.3) is 0 Å². The third-order valence-electron chi connectivity index (χ3n) is 4.07. The molecule has 20 heavy (non-hydrogen) atoms. The number of halogens is 1. The number of carbonyl (C=O) groups excluding carboxylic acids is 1. The molecule has 0 bridgehead atoms. The number of benzene rings is 1. The number of hydrogen-bond donors (Lipinski definition) is 2. The average molecular weight is 336 g/mol. The second-order valence-corrected chi connectivity index (χ2v) is 6.13. The van der Waals surface area contributed by atoms with Gasteiger partial charge in [0, 0.05) is 33.1 Å². The van der Waals surface area contributed by atoms with E-state index < -0.39 is 5.97 Å². The first kappa shape index (κ1) is 13.4. The Kier molecular flexibility index (Phi) is 3.38. The van der Waals surface area contributed by atoms with Gasteiger partial charge in [0.05, 0.1) is 5.92 Å². The molecule has 2 N–H and O–H groups in total. The average Bonchev–Trinajstić information content (AvgIpc) is 3.05. The zero-order valence-corrected chi connectivity index (χ0v) is 12.3. The number of rotatable bonds is 3. The summed E-state index contributed by atoms with van der Waals surface area (Å²) in [6.07, 6.45) is 3.43.